The summed E-state index contributed by atoms with van der Waals surface area (Å²) in [6.07, 6.45) is 3.02. The molecular weight excluding hydrogens is 248 g/mol. The summed E-state index contributed by atoms with van der Waals surface area (Å²) in [5.74, 6) is 0.0517. The molecule has 0 aliphatic carbocycles. The smallest absolute Gasteiger partial charge is 0.151 e. The van der Waals surface area contributed by atoms with Crippen molar-refractivity contribution in [1.29, 1.82) is 0 Å². The summed E-state index contributed by atoms with van der Waals surface area (Å²) < 4.78 is 23.4. The average molecular weight is 270 g/mol. The molecule has 1 aromatic rings. The van der Waals surface area contributed by atoms with Crippen molar-refractivity contribution in [2.75, 3.05) is 12.8 Å². The van der Waals surface area contributed by atoms with Gasteiger partial charge in [-0.1, -0.05) is 19.9 Å². The first-order chi connectivity index (χ1) is 8.38. The molecular formula is C13H22N2O2S. The lowest BCUT2D eigenvalue weighted by Gasteiger charge is -2.29. The topological polar surface area (TPSA) is 59.1 Å². The van der Waals surface area contributed by atoms with Gasteiger partial charge in [-0.3, -0.25) is 4.98 Å². The van der Waals surface area contributed by atoms with Crippen molar-refractivity contribution >= 4 is 9.84 Å². The van der Waals surface area contributed by atoms with Crippen molar-refractivity contribution in [3.63, 3.8) is 0 Å². The molecule has 0 aliphatic rings. The molecule has 3 atom stereocenters. The van der Waals surface area contributed by atoms with Gasteiger partial charge in [0.2, 0.25) is 0 Å². The molecule has 102 valence electrons. The van der Waals surface area contributed by atoms with E-state index in [1.54, 1.807) is 13.1 Å². The van der Waals surface area contributed by atoms with Crippen LogP contribution in [0.4, 0.5) is 0 Å². The lowest BCUT2D eigenvalue weighted by molar-refractivity contribution is 0.436. The molecule has 3 unspecified atom stereocenters. The quantitative estimate of drug-likeness (QED) is 0.853. The van der Waals surface area contributed by atoms with Crippen molar-refractivity contribution in [3.8, 4) is 0 Å². The van der Waals surface area contributed by atoms with E-state index in [1.165, 1.54) is 6.26 Å². The number of aromatic nitrogens is 1. The first-order valence-corrected chi connectivity index (χ1v) is 8.16. The van der Waals surface area contributed by atoms with E-state index >= 15 is 0 Å². The van der Waals surface area contributed by atoms with Gasteiger partial charge in [0.15, 0.2) is 9.84 Å². The molecule has 0 aromatic carbocycles. The van der Waals surface area contributed by atoms with Crippen molar-refractivity contribution in [2.24, 2.45) is 0 Å². The number of rotatable bonds is 6. The van der Waals surface area contributed by atoms with Gasteiger partial charge < -0.3 is 5.32 Å². The number of likely N-dealkylation sites (N-methyl/N-ethyl adjacent to an activating group) is 1. The summed E-state index contributed by atoms with van der Waals surface area (Å²) in [5.41, 5.74) is 0.916. The maximum atomic E-state index is 11.7. The Bertz CT molecular complexity index is 459. The second-order valence-electron chi connectivity index (χ2n) is 4.66. The van der Waals surface area contributed by atoms with E-state index < -0.39 is 15.1 Å². The predicted molar refractivity (Wildman–Crippen MR) is 74.4 cm³/mol. The standard InChI is InChI=1S/C13H22N2O2S/c1-5-14-13(11(3)18(4,16)17)10(2)12-8-6-7-9-15-12/h6-11,13-14H,5H2,1-4H3. The second kappa shape index (κ2) is 6.29. The van der Waals surface area contributed by atoms with E-state index in [0.29, 0.717) is 0 Å². The van der Waals surface area contributed by atoms with Crippen LogP contribution in [0.25, 0.3) is 0 Å². The molecule has 1 aromatic heterocycles. The molecule has 1 rings (SSSR count). The lowest BCUT2D eigenvalue weighted by atomic mass is 9.95. The van der Waals surface area contributed by atoms with Crippen LogP contribution in [0.3, 0.4) is 0 Å². The molecule has 0 bridgehead atoms. The van der Waals surface area contributed by atoms with Crippen molar-refractivity contribution in [3.05, 3.63) is 30.1 Å². The number of hydrogen-bond donors (Lipinski definition) is 1. The van der Waals surface area contributed by atoms with Gasteiger partial charge in [-0.25, -0.2) is 8.42 Å². The van der Waals surface area contributed by atoms with Crippen molar-refractivity contribution in [1.82, 2.24) is 10.3 Å². The van der Waals surface area contributed by atoms with Crippen LogP contribution in [0.2, 0.25) is 0 Å². The first kappa shape index (κ1) is 15.1. The zero-order valence-electron chi connectivity index (χ0n) is 11.4. The highest BCUT2D eigenvalue weighted by molar-refractivity contribution is 7.91. The zero-order chi connectivity index (χ0) is 13.8. The van der Waals surface area contributed by atoms with Crippen LogP contribution in [0.5, 0.6) is 0 Å². The third-order valence-electron chi connectivity index (χ3n) is 3.31. The first-order valence-electron chi connectivity index (χ1n) is 6.21. The number of hydrogen-bond acceptors (Lipinski definition) is 4. The third-order valence-corrected chi connectivity index (χ3v) is 4.96. The highest BCUT2D eigenvalue weighted by atomic mass is 32.2. The Balaban J connectivity index is 2.99. The minimum absolute atomic E-state index is 0.0517. The molecule has 0 spiro atoms. The van der Waals surface area contributed by atoms with E-state index in [9.17, 15) is 8.42 Å². The second-order valence-corrected chi connectivity index (χ2v) is 7.06. The van der Waals surface area contributed by atoms with Gasteiger partial charge in [-0.05, 0) is 25.6 Å². The number of nitrogens with zero attached hydrogens (tertiary/aromatic N) is 1. The van der Waals surface area contributed by atoms with E-state index in [-0.39, 0.29) is 12.0 Å². The van der Waals surface area contributed by atoms with E-state index in [0.717, 1.165) is 12.2 Å². The van der Waals surface area contributed by atoms with Crippen LogP contribution in [0, 0.1) is 0 Å². The summed E-state index contributed by atoms with van der Waals surface area (Å²) in [6, 6.07) is 5.59. The monoisotopic (exact) mass is 270 g/mol. The molecule has 5 heteroatoms. The Morgan fingerprint density at radius 3 is 2.44 bits per heavy atom. The van der Waals surface area contributed by atoms with Crippen LogP contribution in [-0.2, 0) is 9.84 Å². The normalized spacial score (nSPS) is 17.1. The Labute approximate surface area is 110 Å². The molecule has 18 heavy (non-hydrogen) atoms. The zero-order valence-corrected chi connectivity index (χ0v) is 12.2. The van der Waals surface area contributed by atoms with Crippen molar-refractivity contribution < 1.29 is 8.42 Å². The van der Waals surface area contributed by atoms with Gasteiger partial charge in [0.1, 0.15) is 0 Å². The Morgan fingerprint density at radius 2 is 2.00 bits per heavy atom. The van der Waals surface area contributed by atoms with Crippen LogP contribution in [-0.4, -0.2) is 37.5 Å². The highest BCUT2D eigenvalue weighted by Crippen LogP contribution is 2.22. The fraction of sp³-hybridized carbons (Fsp3) is 0.615. The summed E-state index contributed by atoms with van der Waals surface area (Å²) in [6.45, 7) is 6.48. The molecule has 0 saturated carbocycles. The highest BCUT2D eigenvalue weighted by Gasteiger charge is 2.30. The minimum atomic E-state index is -3.07. The van der Waals surface area contributed by atoms with Gasteiger partial charge in [-0.15, -0.1) is 0 Å². The summed E-state index contributed by atoms with van der Waals surface area (Å²) in [4.78, 5) is 4.31. The van der Waals surface area contributed by atoms with Gasteiger partial charge in [-0.2, -0.15) is 0 Å². The molecule has 4 nitrogen and oxygen atoms in total. The Hall–Kier alpha value is -0.940. The number of nitrogens with one attached hydrogen (secondary N) is 1. The van der Waals surface area contributed by atoms with E-state index in [4.69, 9.17) is 0 Å². The Morgan fingerprint density at radius 1 is 1.33 bits per heavy atom. The van der Waals surface area contributed by atoms with Crippen molar-refractivity contribution in [2.45, 2.75) is 38.0 Å². The van der Waals surface area contributed by atoms with Crippen LogP contribution in [0.15, 0.2) is 24.4 Å². The summed E-state index contributed by atoms with van der Waals surface area (Å²) in [5, 5.41) is 2.83. The summed E-state index contributed by atoms with van der Waals surface area (Å²) >= 11 is 0. The number of sulfone groups is 1. The van der Waals surface area contributed by atoms with E-state index in [1.807, 2.05) is 32.0 Å². The van der Waals surface area contributed by atoms with Crippen LogP contribution < -0.4 is 5.32 Å². The van der Waals surface area contributed by atoms with Gasteiger partial charge >= 0.3 is 0 Å². The maximum absolute atomic E-state index is 11.7. The van der Waals surface area contributed by atoms with E-state index in [2.05, 4.69) is 10.3 Å². The average Bonchev–Trinajstić information content (AvgIpc) is 2.34. The summed E-state index contributed by atoms with van der Waals surface area (Å²) in [7, 11) is -3.07. The molecule has 1 heterocycles. The van der Waals surface area contributed by atoms with Crippen LogP contribution >= 0.6 is 0 Å². The number of pyridine rings is 1. The van der Waals surface area contributed by atoms with Gasteiger partial charge in [0.25, 0.3) is 0 Å². The molecule has 0 radical (unpaired) electrons. The third kappa shape index (κ3) is 3.78. The lowest BCUT2D eigenvalue weighted by Crippen LogP contribution is -2.45. The van der Waals surface area contributed by atoms with Crippen LogP contribution in [0.1, 0.15) is 32.4 Å². The molecule has 0 saturated heterocycles. The fourth-order valence-electron chi connectivity index (χ4n) is 2.08. The molecule has 0 aliphatic heterocycles. The fourth-order valence-corrected chi connectivity index (χ4v) is 2.95. The van der Waals surface area contributed by atoms with Gasteiger partial charge in [0, 0.05) is 30.1 Å². The molecule has 0 amide bonds. The largest absolute Gasteiger partial charge is 0.312 e. The predicted octanol–water partition coefficient (Wildman–Crippen LogP) is 1.60. The Kier molecular flexibility index (Phi) is 5.28. The molecule has 1 N–H and O–H groups in total. The maximum Gasteiger partial charge on any atom is 0.151 e. The minimum Gasteiger partial charge on any atom is -0.312 e. The SMILES string of the molecule is CCNC(C(C)c1ccccn1)C(C)S(C)(=O)=O. The van der Waals surface area contributed by atoms with Gasteiger partial charge in [0.05, 0.1) is 5.25 Å². The molecule has 0 fully saturated rings.